The van der Waals surface area contributed by atoms with Crippen LogP contribution in [0, 0.1) is 5.82 Å². The summed E-state index contributed by atoms with van der Waals surface area (Å²) in [5.74, 6) is -1.02. The first-order chi connectivity index (χ1) is 16.2. The first kappa shape index (κ1) is 22.6. The lowest BCUT2D eigenvalue weighted by Crippen LogP contribution is -2.42. The highest BCUT2D eigenvalue weighted by Crippen LogP contribution is 2.42. The number of hydrogen-bond acceptors (Lipinski definition) is 5. The Hall–Kier alpha value is -3.17. The van der Waals surface area contributed by atoms with Gasteiger partial charge >= 0.3 is 0 Å². The van der Waals surface area contributed by atoms with E-state index in [-0.39, 0.29) is 39.3 Å². The number of ether oxygens (including phenoxy) is 1. The second-order valence-corrected chi connectivity index (χ2v) is 10.7. The molecule has 1 N–H and O–H groups in total. The molecule has 10 heteroatoms. The van der Waals surface area contributed by atoms with Gasteiger partial charge in [0, 0.05) is 0 Å². The highest BCUT2D eigenvalue weighted by Gasteiger charge is 2.35. The lowest BCUT2D eigenvalue weighted by atomic mass is 10.1. The van der Waals surface area contributed by atoms with Crippen molar-refractivity contribution in [2.75, 3.05) is 16.2 Å². The molecule has 1 amide bonds. The Morgan fingerprint density at radius 2 is 1.97 bits per heavy atom. The van der Waals surface area contributed by atoms with Crippen molar-refractivity contribution in [2.24, 2.45) is 0 Å². The number of pyridine rings is 1. The highest BCUT2D eigenvalue weighted by atomic mass is 35.5. The number of rotatable bonds is 5. The van der Waals surface area contributed by atoms with Gasteiger partial charge in [-0.15, -0.1) is 0 Å². The van der Waals surface area contributed by atoms with E-state index in [1.165, 1.54) is 28.7 Å². The number of aromatic nitrogens is 1. The van der Waals surface area contributed by atoms with Gasteiger partial charge in [0.05, 0.1) is 33.9 Å². The first-order valence-electron chi connectivity index (χ1n) is 10.8. The number of amides is 1. The zero-order chi connectivity index (χ0) is 24.0. The van der Waals surface area contributed by atoms with Crippen LogP contribution < -0.4 is 14.4 Å². The van der Waals surface area contributed by atoms with E-state index < -0.39 is 27.9 Å². The van der Waals surface area contributed by atoms with Gasteiger partial charge in [-0.3, -0.25) is 9.10 Å². The average molecular weight is 502 g/mol. The summed E-state index contributed by atoms with van der Waals surface area (Å²) in [4.78, 5) is 17.0. The molecule has 1 unspecified atom stereocenters. The van der Waals surface area contributed by atoms with Crippen molar-refractivity contribution in [3.05, 3.63) is 76.7 Å². The van der Waals surface area contributed by atoms with Gasteiger partial charge in [-0.05, 0) is 61.6 Å². The van der Waals surface area contributed by atoms with Crippen molar-refractivity contribution in [3.63, 3.8) is 0 Å². The van der Waals surface area contributed by atoms with Crippen molar-refractivity contribution in [3.8, 4) is 5.88 Å². The third kappa shape index (κ3) is 4.21. The first-order valence-corrected chi connectivity index (χ1v) is 12.6. The number of benzene rings is 2. The van der Waals surface area contributed by atoms with Gasteiger partial charge in [-0.1, -0.05) is 29.8 Å². The summed E-state index contributed by atoms with van der Waals surface area (Å²) in [6, 6.07) is 12.4. The van der Waals surface area contributed by atoms with Crippen LogP contribution in [-0.2, 0) is 10.0 Å². The minimum absolute atomic E-state index is 0.0414. The molecule has 2 aliphatic rings. The van der Waals surface area contributed by atoms with Crippen molar-refractivity contribution >= 4 is 38.9 Å². The van der Waals surface area contributed by atoms with Crippen LogP contribution in [0.2, 0.25) is 5.02 Å². The van der Waals surface area contributed by atoms with Crippen molar-refractivity contribution in [1.29, 1.82) is 0 Å². The zero-order valence-corrected chi connectivity index (χ0v) is 19.7. The fourth-order valence-corrected chi connectivity index (χ4v) is 5.78. The van der Waals surface area contributed by atoms with Crippen molar-refractivity contribution in [1.82, 2.24) is 4.98 Å². The second-order valence-electron chi connectivity index (χ2n) is 8.41. The monoisotopic (exact) mass is 501 g/mol. The predicted octanol–water partition coefficient (Wildman–Crippen LogP) is 4.98. The van der Waals surface area contributed by atoms with Gasteiger partial charge in [0.15, 0.2) is 0 Å². The van der Waals surface area contributed by atoms with Crippen LogP contribution in [0.1, 0.15) is 41.6 Å². The Morgan fingerprint density at radius 1 is 1.21 bits per heavy atom. The summed E-state index contributed by atoms with van der Waals surface area (Å²) in [7, 11) is -3.93. The summed E-state index contributed by atoms with van der Waals surface area (Å²) < 4.78 is 48.4. The van der Waals surface area contributed by atoms with E-state index in [1.807, 2.05) is 6.07 Å². The highest BCUT2D eigenvalue weighted by molar-refractivity contribution is 7.92. The van der Waals surface area contributed by atoms with Crippen molar-refractivity contribution < 1.29 is 22.3 Å². The summed E-state index contributed by atoms with van der Waals surface area (Å²) in [5, 5.41) is 2.50. The molecule has 1 aliphatic carbocycles. The fraction of sp³-hybridized carbons (Fsp3) is 0.250. The maximum absolute atomic E-state index is 14.2. The fourth-order valence-electron chi connectivity index (χ4n) is 3.95. The van der Waals surface area contributed by atoms with Crippen LogP contribution in [0.4, 0.5) is 15.8 Å². The number of anilines is 2. The number of fused-ring (bicyclic) bond motifs is 1. The molecule has 1 saturated carbocycles. The van der Waals surface area contributed by atoms with E-state index in [0.717, 1.165) is 24.5 Å². The molecule has 2 aromatic carbocycles. The molecule has 1 aromatic heterocycles. The van der Waals surface area contributed by atoms with Crippen LogP contribution in [-0.4, -0.2) is 32.0 Å². The van der Waals surface area contributed by atoms with E-state index in [9.17, 15) is 17.6 Å². The maximum atomic E-state index is 14.2. The van der Waals surface area contributed by atoms with Gasteiger partial charge in [0.2, 0.25) is 5.88 Å². The number of sulfonamides is 1. The molecule has 3 aromatic rings. The van der Waals surface area contributed by atoms with Gasteiger partial charge in [-0.2, -0.15) is 0 Å². The molecular weight excluding hydrogens is 481 g/mol. The SMILES string of the molecule is CC1CN(S(=O)(=O)c2cccc(C3CC3)c2)c2cc(NC(=O)c3c(F)cccc3Cl)cnc2O1. The van der Waals surface area contributed by atoms with Crippen molar-refractivity contribution in [2.45, 2.75) is 36.7 Å². The zero-order valence-electron chi connectivity index (χ0n) is 18.2. The minimum Gasteiger partial charge on any atom is -0.471 e. The Morgan fingerprint density at radius 3 is 2.71 bits per heavy atom. The molecule has 1 atom stereocenters. The van der Waals surface area contributed by atoms with E-state index in [1.54, 1.807) is 25.1 Å². The van der Waals surface area contributed by atoms with Gasteiger partial charge in [-0.25, -0.2) is 17.8 Å². The summed E-state index contributed by atoms with van der Waals surface area (Å²) >= 11 is 5.99. The third-order valence-corrected chi connectivity index (χ3v) is 7.87. The molecule has 0 saturated heterocycles. The number of halogens is 2. The topological polar surface area (TPSA) is 88.6 Å². The Labute approximate surface area is 201 Å². The molecule has 176 valence electrons. The molecule has 0 bridgehead atoms. The third-order valence-electron chi connectivity index (χ3n) is 5.78. The second kappa shape index (κ2) is 8.56. The number of nitrogens with one attached hydrogen (secondary N) is 1. The molecule has 0 radical (unpaired) electrons. The smallest absolute Gasteiger partial charge is 0.264 e. The van der Waals surface area contributed by atoms with Gasteiger partial charge in [0.1, 0.15) is 17.6 Å². The van der Waals surface area contributed by atoms with Gasteiger partial charge in [0.25, 0.3) is 15.9 Å². The largest absolute Gasteiger partial charge is 0.471 e. The van der Waals surface area contributed by atoms with E-state index in [2.05, 4.69) is 10.3 Å². The lowest BCUT2D eigenvalue weighted by molar-refractivity contribution is 0.102. The van der Waals surface area contributed by atoms with Crippen LogP contribution in [0.3, 0.4) is 0 Å². The average Bonchev–Trinajstić information content (AvgIpc) is 3.64. The Balaban J connectivity index is 1.50. The molecule has 1 aliphatic heterocycles. The molecule has 34 heavy (non-hydrogen) atoms. The summed E-state index contributed by atoms with van der Waals surface area (Å²) in [5.41, 5.74) is 1.05. The lowest BCUT2D eigenvalue weighted by Gasteiger charge is -2.33. The quantitative estimate of drug-likeness (QED) is 0.532. The normalized spacial score (nSPS) is 17.6. The Bertz CT molecular complexity index is 1370. The van der Waals surface area contributed by atoms with E-state index >= 15 is 0 Å². The minimum atomic E-state index is -3.93. The summed E-state index contributed by atoms with van der Waals surface area (Å²) in [6.45, 7) is 1.82. The number of carbonyl (C=O) groups excluding carboxylic acids is 1. The van der Waals surface area contributed by atoms with Crippen LogP contribution in [0.5, 0.6) is 5.88 Å². The standard InChI is InChI=1S/C24H21ClFN3O4S/c1-14-13-29(34(31,32)18-5-2-4-16(10-18)15-8-9-15)21-11-17(12-27-24(21)33-14)28-23(30)22-19(25)6-3-7-20(22)26/h2-7,10-12,14-15H,8-9,13H2,1H3,(H,28,30). The Kier molecular flexibility index (Phi) is 5.69. The molecule has 5 rings (SSSR count). The molecule has 0 spiro atoms. The maximum Gasteiger partial charge on any atom is 0.264 e. The van der Waals surface area contributed by atoms with E-state index in [4.69, 9.17) is 16.3 Å². The number of nitrogens with zero attached hydrogens (tertiary/aromatic N) is 2. The van der Waals surface area contributed by atoms with Crippen LogP contribution in [0.25, 0.3) is 0 Å². The molecule has 1 fully saturated rings. The molecular formula is C24H21ClFN3O4S. The van der Waals surface area contributed by atoms with Crippen LogP contribution in [0.15, 0.2) is 59.6 Å². The van der Waals surface area contributed by atoms with E-state index in [0.29, 0.717) is 5.92 Å². The molecule has 2 heterocycles. The summed E-state index contributed by atoms with van der Waals surface area (Å²) in [6.07, 6.45) is 3.00. The van der Waals surface area contributed by atoms with Crippen LogP contribution >= 0.6 is 11.6 Å². The number of hydrogen-bond donors (Lipinski definition) is 1. The molecule has 7 nitrogen and oxygen atoms in total. The number of carbonyl (C=O) groups is 1. The van der Waals surface area contributed by atoms with Gasteiger partial charge < -0.3 is 10.1 Å². The predicted molar refractivity (Wildman–Crippen MR) is 127 cm³/mol.